The van der Waals surface area contributed by atoms with Gasteiger partial charge in [0, 0.05) is 12.1 Å². The van der Waals surface area contributed by atoms with Crippen LogP contribution in [0, 0.1) is 12.7 Å². The van der Waals surface area contributed by atoms with Gasteiger partial charge in [0.05, 0.1) is 13.3 Å². The largest absolute Gasteiger partial charge is 0.490 e. The molecule has 0 saturated heterocycles. The highest BCUT2D eigenvalue weighted by atomic mass is 19.1. The molecule has 24 heavy (non-hydrogen) atoms. The Hall–Kier alpha value is -2.95. The van der Waals surface area contributed by atoms with Gasteiger partial charge in [-0.05, 0) is 30.2 Å². The molecule has 3 aromatic rings. The van der Waals surface area contributed by atoms with Gasteiger partial charge in [-0.15, -0.1) is 0 Å². The highest BCUT2D eigenvalue weighted by molar-refractivity contribution is 5.56. The first kappa shape index (κ1) is 15.9. The maximum atomic E-state index is 13.6. The lowest BCUT2D eigenvalue weighted by molar-refractivity contribution is 0.402. The number of ether oxygens (including phenoxy) is 1. The van der Waals surface area contributed by atoms with E-state index >= 15 is 0 Å². The van der Waals surface area contributed by atoms with Gasteiger partial charge in [-0.2, -0.15) is 4.98 Å². The van der Waals surface area contributed by atoms with Gasteiger partial charge in [0.2, 0.25) is 5.75 Å². The minimum absolute atomic E-state index is 0.156. The quantitative estimate of drug-likeness (QED) is 0.739. The number of benzene rings is 2. The summed E-state index contributed by atoms with van der Waals surface area (Å²) in [5, 5.41) is 0. The van der Waals surface area contributed by atoms with Gasteiger partial charge in [-0.25, -0.2) is 4.39 Å². The molecule has 2 aromatic carbocycles. The summed E-state index contributed by atoms with van der Waals surface area (Å²) >= 11 is 0. The number of aromatic nitrogens is 2. The first-order valence-corrected chi connectivity index (χ1v) is 7.54. The Kier molecular flexibility index (Phi) is 4.42. The predicted octanol–water partition coefficient (Wildman–Crippen LogP) is 3.41. The van der Waals surface area contributed by atoms with Crippen molar-refractivity contribution in [3.8, 4) is 17.1 Å². The molecule has 0 aliphatic heterocycles. The second kappa shape index (κ2) is 6.66. The predicted molar refractivity (Wildman–Crippen MR) is 90.7 cm³/mol. The Morgan fingerprint density at radius 2 is 1.96 bits per heavy atom. The molecule has 0 spiro atoms. The van der Waals surface area contributed by atoms with Gasteiger partial charge in [0.1, 0.15) is 11.6 Å². The molecule has 0 N–H and O–H groups in total. The lowest BCUT2D eigenvalue weighted by Gasteiger charge is -2.15. The fourth-order valence-electron chi connectivity index (χ4n) is 2.56. The van der Waals surface area contributed by atoms with E-state index in [2.05, 4.69) is 4.98 Å². The number of hydrogen-bond donors (Lipinski definition) is 0. The van der Waals surface area contributed by atoms with Crippen molar-refractivity contribution in [2.24, 2.45) is 0 Å². The highest BCUT2D eigenvalue weighted by Crippen LogP contribution is 2.21. The summed E-state index contributed by atoms with van der Waals surface area (Å²) in [5.41, 5.74) is 2.28. The van der Waals surface area contributed by atoms with Crippen LogP contribution >= 0.6 is 0 Å². The Morgan fingerprint density at radius 1 is 1.17 bits per heavy atom. The van der Waals surface area contributed by atoms with Gasteiger partial charge in [-0.3, -0.25) is 4.79 Å². The number of hydrogen-bond acceptors (Lipinski definition) is 3. The van der Waals surface area contributed by atoms with Crippen molar-refractivity contribution in [1.82, 2.24) is 9.55 Å². The zero-order valence-corrected chi connectivity index (χ0v) is 13.5. The van der Waals surface area contributed by atoms with Crippen LogP contribution in [0.1, 0.15) is 11.1 Å². The maximum absolute atomic E-state index is 13.6. The molecule has 0 bridgehead atoms. The van der Waals surface area contributed by atoms with Crippen LogP contribution in [0.2, 0.25) is 0 Å². The van der Waals surface area contributed by atoms with Crippen molar-refractivity contribution < 1.29 is 9.13 Å². The first-order valence-electron chi connectivity index (χ1n) is 7.54. The van der Waals surface area contributed by atoms with Crippen LogP contribution in [-0.4, -0.2) is 16.7 Å². The summed E-state index contributed by atoms with van der Waals surface area (Å²) in [7, 11) is 1.43. The Bertz CT molecular complexity index is 935. The Balaban J connectivity index is 2.16. The number of rotatable bonds is 4. The van der Waals surface area contributed by atoms with Crippen LogP contribution < -0.4 is 10.3 Å². The van der Waals surface area contributed by atoms with E-state index in [1.807, 2.05) is 31.2 Å². The van der Waals surface area contributed by atoms with Crippen molar-refractivity contribution in [2.45, 2.75) is 13.5 Å². The molecule has 3 rings (SSSR count). The molecule has 0 unspecified atom stereocenters. The van der Waals surface area contributed by atoms with E-state index < -0.39 is 5.56 Å². The van der Waals surface area contributed by atoms with Gasteiger partial charge in [0.25, 0.3) is 0 Å². The zero-order chi connectivity index (χ0) is 17.1. The normalized spacial score (nSPS) is 10.6. The summed E-state index contributed by atoms with van der Waals surface area (Å²) < 4.78 is 20.5. The Labute approximate surface area is 139 Å². The van der Waals surface area contributed by atoms with Crippen LogP contribution in [0.15, 0.2) is 59.5 Å². The van der Waals surface area contributed by atoms with Gasteiger partial charge in [0.15, 0.2) is 0 Å². The molecular formula is C19H17FN2O2. The molecular weight excluding hydrogens is 307 g/mol. The number of methoxy groups -OCH3 is 1. The van der Waals surface area contributed by atoms with Crippen LogP contribution in [0.25, 0.3) is 11.4 Å². The number of nitrogens with zero attached hydrogens (tertiary/aromatic N) is 2. The molecule has 0 aliphatic rings. The van der Waals surface area contributed by atoms with E-state index in [0.29, 0.717) is 17.9 Å². The molecule has 0 amide bonds. The molecule has 0 fully saturated rings. The summed E-state index contributed by atoms with van der Waals surface area (Å²) in [6, 6.07) is 14.0. The molecule has 1 aromatic heterocycles. The van der Waals surface area contributed by atoms with E-state index in [-0.39, 0.29) is 11.6 Å². The van der Waals surface area contributed by atoms with Crippen molar-refractivity contribution in [3.05, 3.63) is 82.0 Å². The van der Waals surface area contributed by atoms with Crippen LogP contribution in [0.5, 0.6) is 5.75 Å². The molecule has 0 radical (unpaired) electrons. The zero-order valence-electron chi connectivity index (χ0n) is 13.5. The molecule has 0 atom stereocenters. The lowest BCUT2D eigenvalue weighted by Crippen LogP contribution is -2.17. The SMILES string of the molecule is COc1cn(Cc2ccccc2C)c(-c2cccc(F)c2)nc1=O. The molecule has 5 heteroatoms. The smallest absolute Gasteiger partial charge is 0.315 e. The fourth-order valence-corrected chi connectivity index (χ4v) is 2.56. The second-order valence-electron chi connectivity index (χ2n) is 5.50. The lowest BCUT2D eigenvalue weighted by atomic mass is 10.1. The van der Waals surface area contributed by atoms with E-state index in [9.17, 15) is 9.18 Å². The van der Waals surface area contributed by atoms with Crippen LogP contribution in [-0.2, 0) is 6.54 Å². The van der Waals surface area contributed by atoms with E-state index in [1.165, 1.54) is 19.2 Å². The summed E-state index contributed by atoms with van der Waals surface area (Å²) in [5.74, 6) is 0.187. The third kappa shape index (κ3) is 3.20. The monoisotopic (exact) mass is 324 g/mol. The van der Waals surface area contributed by atoms with E-state index in [1.54, 1.807) is 22.9 Å². The van der Waals surface area contributed by atoms with Gasteiger partial charge in [-0.1, -0.05) is 36.4 Å². The summed E-state index contributed by atoms with van der Waals surface area (Å²) in [6.07, 6.45) is 1.61. The molecule has 0 aliphatic carbocycles. The van der Waals surface area contributed by atoms with E-state index in [0.717, 1.165) is 11.1 Å². The molecule has 1 heterocycles. The summed E-state index contributed by atoms with van der Waals surface area (Å²) in [6.45, 7) is 2.52. The van der Waals surface area contributed by atoms with Crippen LogP contribution in [0.4, 0.5) is 4.39 Å². The van der Waals surface area contributed by atoms with Crippen molar-refractivity contribution >= 4 is 0 Å². The first-order chi connectivity index (χ1) is 11.6. The Morgan fingerprint density at radius 3 is 2.67 bits per heavy atom. The highest BCUT2D eigenvalue weighted by Gasteiger charge is 2.12. The van der Waals surface area contributed by atoms with Crippen molar-refractivity contribution in [3.63, 3.8) is 0 Å². The topological polar surface area (TPSA) is 44.1 Å². The number of halogens is 1. The van der Waals surface area contributed by atoms with Gasteiger partial charge < -0.3 is 9.30 Å². The average molecular weight is 324 g/mol. The van der Waals surface area contributed by atoms with Gasteiger partial charge >= 0.3 is 5.56 Å². The maximum Gasteiger partial charge on any atom is 0.315 e. The second-order valence-corrected chi connectivity index (χ2v) is 5.50. The number of aryl methyl sites for hydroxylation is 1. The molecule has 0 saturated carbocycles. The van der Waals surface area contributed by atoms with Crippen LogP contribution in [0.3, 0.4) is 0 Å². The van der Waals surface area contributed by atoms with E-state index in [4.69, 9.17) is 4.74 Å². The molecule has 122 valence electrons. The minimum atomic E-state index is -0.474. The average Bonchev–Trinajstić information content (AvgIpc) is 2.58. The fraction of sp³-hybridized carbons (Fsp3) is 0.158. The van der Waals surface area contributed by atoms with Crippen molar-refractivity contribution in [2.75, 3.05) is 7.11 Å². The van der Waals surface area contributed by atoms with Crippen molar-refractivity contribution in [1.29, 1.82) is 0 Å². The third-order valence-electron chi connectivity index (χ3n) is 3.87. The minimum Gasteiger partial charge on any atom is -0.490 e. The standard InChI is InChI=1S/C19H17FN2O2/c1-13-6-3-4-7-15(13)11-22-12-17(24-2)19(23)21-18(22)14-8-5-9-16(20)10-14/h3-10,12H,11H2,1-2H3. The molecule has 4 nitrogen and oxygen atoms in total. The summed E-state index contributed by atoms with van der Waals surface area (Å²) in [4.78, 5) is 16.2. The third-order valence-corrected chi connectivity index (χ3v) is 3.87.